The molecule has 0 radical (unpaired) electrons. The molecule has 5 N–H and O–H groups in total. The Morgan fingerprint density at radius 3 is 2.03 bits per heavy atom. The molecule has 2 aromatic carbocycles. The summed E-state index contributed by atoms with van der Waals surface area (Å²) in [5.41, 5.74) is 8.23. The van der Waals surface area contributed by atoms with Crippen molar-refractivity contribution in [2.24, 2.45) is 5.73 Å². The van der Waals surface area contributed by atoms with E-state index < -0.39 is 18.2 Å². The minimum atomic E-state index is -1.07. The molecule has 1 saturated carbocycles. The number of nitrogens with zero attached hydrogens (tertiary/aromatic N) is 2. The molecule has 5 amide bonds. The maximum atomic E-state index is 13.4. The molecule has 0 aromatic heterocycles. The molecule has 1 saturated heterocycles. The first-order valence-corrected chi connectivity index (χ1v) is 12.6. The van der Waals surface area contributed by atoms with E-state index in [0.29, 0.717) is 11.4 Å². The van der Waals surface area contributed by atoms with E-state index >= 15 is 0 Å². The standard InChI is InChI=1S/C25H31BrN6O3/c1-16-4-2-6-20(14-16)29-24(34)31-12-13-32(25(35)30-21-7-3-5-17(26)15-21)23(31)22(33)28-19-10-8-18(27)9-11-19/h2-7,14-15,18-19,23H,8-13,27H2,1H3,(H,28,33)(H,29,34)(H,30,35). The minimum absolute atomic E-state index is 0.0282. The largest absolute Gasteiger partial charge is 0.350 e. The van der Waals surface area contributed by atoms with Crippen LogP contribution < -0.4 is 21.7 Å². The van der Waals surface area contributed by atoms with E-state index in [1.54, 1.807) is 18.2 Å². The Hall–Kier alpha value is -3.11. The van der Waals surface area contributed by atoms with Crippen LogP contribution in [0.1, 0.15) is 31.2 Å². The van der Waals surface area contributed by atoms with Crippen LogP contribution in [0.15, 0.2) is 53.0 Å². The minimum Gasteiger partial charge on any atom is -0.350 e. The third-order valence-corrected chi connectivity index (χ3v) is 6.89. The lowest BCUT2D eigenvalue weighted by molar-refractivity contribution is -0.128. The number of carbonyl (C=O) groups excluding carboxylic acids is 3. The molecule has 186 valence electrons. The van der Waals surface area contributed by atoms with Gasteiger partial charge in [-0.15, -0.1) is 0 Å². The van der Waals surface area contributed by atoms with E-state index in [9.17, 15) is 14.4 Å². The zero-order chi connectivity index (χ0) is 24.9. The number of hydrogen-bond donors (Lipinski definition) is 4. The summed E-state index contributed by atoms with van der Waals surface area (Å²) in [6.07, 6.45) is 2.15. The maximum absolute atomic E-state index is 13.4. The van der Waals surface area contributed by atoms with E-state index in [-0.39, 0.29) is 31.1 Å². The van der Waals surface area contributed by atoms with Gasteiger partial charge in [0.15, 0.2) is 6.17 Å². The molecule has 2 aromatic rings. The fourth-order valence-corrected chi connectivity index (χ4v) is 4.95. The number of halogens is 1. The van der Waals surface area contributed by atoms with Gasteiger partial charge < -0.3 is 21.7 Å². The van der Waals surface area contributed by atoms with Crippen LogP contribution >= 0.6 is 15.9 Å². The second-order valence-corrected chi connectivity index (χ2v) is 10.0. The molecule has 0 spiro atoms. The van der Waals surface area contributed by atoms with Crippen molar-refractivity contribution in [1.29, 1.82) is 0 Å². The maximum Gasteiger partial charge on any atom is 0.323 e. The Morgan fingerprint density at radius 2 is 1.46 bits per heavy atom. The van der Waals surface area contributed by atoms with E-state index in [4.69, 9.17) is 5.73 Å². The second kappa shape index (κ2) is 11.1. The van der Waals surface area contributed by atoms with Gasteiger partial charge in [-0.05, 0) is 68.5 Å². The Kier molecular flexibility index (Phi) is 7.92. The van der Waals surface area contributed by atoms with Crippen molar-refractivity contribution < 1.29 is 14.4 Å². The molecule has 1 unspecified atom stereocenters. The first kappa shape index (κ1) is 25.0. The van der Waals surface area contributed by atoms with Gasteiger partial charge in [0.1, 0.15) is 0 Å². The third kappa shape index (κ3) is 6.32. The number of rotatable bonds is 4. The lowest BCUT2D eigenvalue weighted by Gasteiger charge is -2.32. The molecular weight excluding hydrogens is 512 g/mol. The number of hydrogen-bond acceptors (Lipinski definition) is 4. The van der Waals surface area contributed by atoms with Crippen molar-refractivity contribution in [3.8, 4) is 0 Å². The summed E-state index contributed by atoms with van der Waals surface area (Å²) in [6.45, 7) is 2.40. The van der Waals surface area contributed by atoms with Gasteiger partial charge in [-0.25, -0.2) is 9.59 Å². The van der Waals surface area contributed by atoms with Crippen LogP contribution in [0.5, 0.6) is 0 Å². The zero-order valence-corrected chi connectivity index (χ0v) is 21.3. The van der Waals surface area contributed by atoms with Crippen molar-refractivity contribution in [3.05, 3.63) is 58.6 Å². The molecule has 1 aliphatic carbocycles. The SMILES string of the molecule is Cc1cccc(NC(=O)N2CCN(C(=O)Nc3cccc(Br)c3)C2C(=O)NC2CCC(N)CC2)c1. The second-order valence-electron chi connectivity index (χ2n) is 9.12. The monoisotopic (exact) mass is 542 g/mol. The molecule has 1 aliphatic heterocycles. The number of nitrogens with two attached hydrogens (primary N) is 1. The van der Waals surface area contributed by atoms with Crippen LogP contribution in [0.4, 0.5) is 21.0 Å². The Labute approximate surface area is 213 Å². The summed E-state index contributed by atoms with van der Waals surface area (Å²) in [7, 11) is 0. The predicted molar refractivity (Wildman–Crippen MR) is 139 cm³/mol. The number of amides is 5. The summed E-state index contributed by atoms with van der Waals surface area (Å²) >= 11 is 3.40. The summed E-state index contributed by atoms with van der Waals surface area (Å²) in [6, 6.07) is 13.9. The van der Waals surface area contributed by atoms with Gasteiger partial charge >= 0.3 is 12.1 Å². The molecule has 2 aliphatic rings. The summed E-state index contributed by atoms with van der Waals surface area (Å²) in [4.78, 5) is 42.7. The fourth-order valence-electron chi connectivity index (χ4n) is 4.56. The first-order chi connectivity index (χ1) is 16.8. The van der Waals surface area contributed by atoms with Crippen molar-refractivity contribution in [3.63, 3.8) is 0 Å². The number of carbonyl (C=O) groups is 3. The predicted octanol–water partition coefficient (Wildman–Crippen LogP) is 3.85. The van der Waals surface area contributed by atoms with Crippen molar-refractivity contribution in [1.82, 2.24) is 15.1 Å². The fraction of sp³-hybridized carbons (Fsp3) is 0.400. The van der Waals surface area contributed by atoms with Gasteiger partial charge in [-0.1, -0.05) is 34.1 Å². The Balaban J connectivity index is 1.52. The molecule has 10 heteroatoms. The van der Waals surface area contributed by atoms with Gasteiger partial charge in [0.25, 0.3) is 5.91 Å². The number of anilines is 2. The normalized spacial score (nSPS) is 22.0. The smallest absolute Gasteiger partial charge is 0.323 e. The highest BCUT2D eigenvalue weighted by atomic mass is 79.9. The molecule has 2 fully saturated rings. The Morgan fingerprint density at radius 1 is 0.886 bits per heavy atom. The van der Waals surface area contributed by atoms with Crippen molar-refractivity contribution >= 4 is 45.3 Å². The molecule has 35 heavy (non-hydrogen) atoms. The first-order valence-electron chi connectivity index (χ1n) is 11.8. The van der Waals surface area contributed by atoms with Crippen molar-refractivity contribution in [2.45, 2.75) is 50.9 Å². The Bertz CT molecular complexity index is 1020. The topological polar surface area (TPSA) is 120 Å². The summed E-state index contributed by atoms with van der Waals surface area (Å²) in [5, 5.41) is 8.75. The zero-order valence-electron chi connectivity index (χ0n) is 19.7. The van der Waals surface area contributed by atoms with E-state index in [2.05, 4.69) is 31.9 Å². The van der Waals surface area contributed by atoms with Crippen LogP contribution in [0.25, 0.3) is 0 Å². The molecule has 4 rings (SSSR count). The quantitative estimate of drug-likeness (QED) is 0.468. The van der Waals surface area contributed by atoms with Gasteiger partial charge in [-0.2, -0.15) is 0 Å². The molecular formula is C25H31BrN6O3. The van der Waals surface area contributed by atoms with Crippen LogP contribution in [-0.4, -0.2) is 59.1 Å². The highest BCUT2D eigenvalue weighted by Gasteiger charge is 2.43. The van der Waals surface area contributed by atoms with E-state index in [1.165, 1.54) is 9.80 Å². The van der Waals surface area contributed by atoms with Gasteiger partial charge in [-0.3, -0.25) is 14.6 Å². The molecule has 1 heterocycles. The van der Waals surface area contributed by atoms with Gasteiger partial charge in [0, 0.05) is 41.0 Å². The van der Waals surface area contributed by atoms with Gasteiger partial charge in [0.05, 0.1) is 0 Å². The van der Waals surface area contributed by atoms with E-state index in [1.807, 2.05) is 37.3 Å². The molecule has 9 nitrogen and oxygen atoms in total. The highest BCUT2D eigenvalue weighted by Crippen LogP contribution is 2.23. The van der Waals surface area contributed by atoms with Gasteiger partial charge in [0.2, 0.25) is 0 Å². The van der Waals surface area contributed by atoms with Crippen LogP contribution in [0.2, 0.25) is 0 Å². The van der Waals surface area contributed by atoms with Crippen molar-refractivity contribution in [2.75, 3.05) is 23.7 Å². The number of aryl methyl sites for hydroxylation is 1. The molecule has 0 bridgehead atoms. The van der Waals surface area contributed by atoms with E-state index in [0.717, 1.165) is 35.7 Å². The number of urea groups is 2. The average Bonchev–Trinajstić information content (AvgIpc) is 3.26. The van der Waals surface area contributed by atoms with Crippen LogP contribution in [0, 0.1) is 6.92 Å². The number of nitrogens with one attached hydrogen (secondary N) is 3. The number of benzene rings is 2. The summed E-state index contributed by atoms with van der Waals surface area (Å²) in [5.74, 6) is -0.369. The summed E-state index contributed by atoms with van der Waals surface area (Å²) < 4.78 is 0.820. The lowest BCUT2D eigenvalue weighted by atomic mass is 9.92. The third-order valence-electron chi connectivity index (χ3n) is 6.39. The lowest BCUT2D eigenvalue weighted by Crippen LogP contribution is -2.57. The highest BCUT2D eigenvalue weighted by molar-refractivity contribution is 9.10. The molecule has 1 atom stereocenters. The van der Waals surface area contributed by atoms with Crippen LogP contribution in [-0.2, 0) is 4.79 Å². The van der Waals surface area contributed by atoms with Crippen LogP contribution in [0.3, 0.4) is 0 Å². The average molecular weight is 543 g/mol.